The highest BCUT2D eigenvalue weighted by Gasteiger charge is 2.42. The fourth-order valence-electron chi connectivity index (χ4n) is 4.21. The minimum Gasteiger partial charge on any atom is -0.497 e. The number of halogens is 3. The molecule has 1 aliphatic rings. The summed E-state index contributed by atoms with van der Waals surface area (Å²) in [6.07, 6.45) is 0.470. The fraction of sp³-hybridized carbons (Fsp3) is 0.542. The van der Waals surface area contributed by atoms with E-state index in [0.717, 1.165) is 43.5 Å². The summed E-state index contributed by atoms with van der Waals surface area (Å²) < 4.78 is 49.5. The summed E-state index contributed by atoms with van der Waals surface area (Å²) in [5.41, 5.74) is -0.0224. The molecule has 0 unspecified atom stereocenters. The maximum Gasteiger partial charge on any atom is 0.452 e. The lowest BCUT2D eigenvalue weighted by Gasteiger charge is -2.26. The van der Waals surface area contributed by atoms with E-state index in [-0.39, 0.29) is 18.4 Å². The molecule has 35 heavy (non-hydrogen) atoms. The van der Waals surface area contributed by atoms with Crippen molar-refractivity contribution in [3.63, 3.8) is 0 Å². The standard InChI is InChI=1S/C24H31F3N4O4/c1-15-30-20(21(35-15)24(25,26)27)23(33)31-19(14-16-6-4-3-5-7-16)22(32)29-13-12-28-17-8-10-18(34-2)11-9-17/h8-11,16,19,28H,3-7,12-14H2,1-2H3,(H,29,32)(H,31,33)/t19-/m0/s1. The number of carbonyl (C=O) groups excluding carboxylic acids is 2. The molecule has 1 atom stereocenters. The van der Waals surface area contributed by atoms with E-state index < -0.39 is 35.5 Å². The molecular weight excluding hydrogens is 465 g/mol. The maximum absolute atomic E-state index is 13.3. The van der Waals surface area contributed by atoms with Crippen LogP contribution in [0.15, 0.2) is 28.7 Å². The zero-order chi connectivity index (χ0) is 25.4. The van der Waals surface area contributed by atoms with Crippen LogP contribution in [0.1, 0.15) is 60.7 Å². The summed E-state index contributed by atoms with van der Waals surface area (Å²) in [6.45, 7) is 1.91. The van der Waals surface area contributed by atoms with Crippen molar-refractivity contribution < 1.29 is 31.9 Å². The van der Waals surface area contributed by atoms with Gasteiger partial charge in [0.05, 0.1) is 7.11 Å². The normalized spacial score (nSPS) is 15.3. The molecule has 2 aromatic rings. The molecular formula is C24H31F3N4O4. The van der Waals surface area contributed by atoms with E-state index in [4.69, 9.17) is 4.74 Å². The maximum atomic E-state index is 13.3. The first-order valence-corrected chi connectivity index (χ1v) is 11.7. The number of aromatic nitrogens is 1. The Balaban J connectivity index is 1.62. The smallest absolute Gasteiger partial charge is 0.452 e. The summed E-state index contributed by atoms with van der Waals surface area (Å²) in [7, 11) is 1.58. The number of hydrogen-bond donors (Lipinski definition) is 3. The van der Waals surface area contributed by atoms with Gasteiger partial charge in [-0.15, -0.1) is 0 Å². The van der Waals surface area contributed by atoms with Crippen molar-refractivity contribution in [2.24, 2.45) is 5.92 Å². The summed E-state index contributed by atoms with van der Waals surface area (Å²) in [5, 5.41) is 8.39. The van der Waals surface area contributed by atoms with Gasteiger partial charge in [-0.3, -0.25) is 9.59 Å². The van der Waals surface area contributed by atoms with E-state index >= 15 is 0 Å². The number of ether oxygens (including phenoxy) is 1. The number of nitrogens with one attached hydrogen (secondary N) is 3. The first kappa shape index (κ1) is 26.4. The highest BCUT2D eigenvalue weighted by Crippen LogP contribution is 2.33. The number of oxazole rings is 1. The van der Waals surface area contributed by atoms with E-state index in [0.29, 0.717) is 13.0 Å². The van der Waals surface area contributed by atoms with Gasteiger partial charge in [-0.05, 0) is 36.6 Å². The largest absolute Gasteiger partial charge is 0.497 e. The van der Waals surface area contributed by atoms with Gasteiger partial charge < -0.3 is 25.1 Å². The Morgan fingerprint density at radius 1 is 1.14 bits per heavy atom. The number of hydrogen-bond acceptors (Lipinski definition) is 6. The van der Waals surface area contributed by atoms with Gasteiger partial charge in [0.2, 0.25) is 11.7 Å². The second kappa shape index (κ2) is 11.9. The topological polar surface area (TPSA) is 105 Å². The molecule has 1 saturated carbocycles. The SMILES string of the molecule is COc1ccc(NCCNC(=O)[C@H](CC2CCCCC2)NC(=O)c2nc(C)oc2C(F)(F)F)cc1. The minimum atomic E-state index is -4.87. The van der Waals surface area contributed by atoms with Crippen molar-refractivity contribution in [3.8, 4) is 5.75 Å². The van der Waals surface area contributed by atoms with Gasteiger partial charge in [0.15, 0.2) is 11.6 Å². The molecule has 0 saturated heterocycles. The highest BCUT2D eigenvalue weighted by atomic mass is 19.4. The summed E-state index contributed by atoms with van der Waals surface area (Å²) in [5.74, 6) is -2.34. The third-order valence-electron chi connectivity index (χ3n) is 5.97. The van der Waals surface area contributed by atoms with Crippen LogP contribution in [-0.2, 0) is 11.0 Å². The van der Waals surface area contributed by atoms with E-state index in [2.05, 4.69) is 25.4 Å². The molecule has 1 aromatic carbocycles. The van der Waals surface area contributed by atoms with Crippen molar-refractivity contribution in [3.05, 3.63) is 41.6 Å². The molecule has 3 rings (SSSR count). The molecule has 8 nitrogen and oxygen atoms in total. The number of aryl methyl sites for hydroxylation is 1. The molecule has 11 heteroatoms. The number of anilines is 1. The predicted octanol–water partition coefficient (Wildman–Crippen LogP) is 4.31. The van der Waals surface area contributed by atoms with Crippen molar-refractivity contribution in [2.75, 3.05) is 25.5 Å². The Kier molecular flexibility index (Phi) is 9.00. The van der Waals surface area contributed by atoms with E-state index in [1.807, 2.05) is 12.1 Å². The van der Waals surface area contributed by atoms with Crippen LogP contribution in [0.2, 0.25) is 0 Å². The monoisotopic (exact) mass is 496 g/mol. The van der Waals surface area contributed by atoms with Crippen LogP contribution in [-0.4, -0.2) is 43.0 Å². The molecule has 3 N–H and O–H groups in total. The van der Waals surface area contributed by atoms with Crippen LogP contribution in [0.3, 0.4) is 0 Å². The Labute approximate surface area is 202 Å². The zero-order valence-corrected chi connectivity index (χ0v) is 19.8. The first-order chi connectivity index (χ1) is 16.7. The number of amides is 2. The van der Waals surface area contributed by atoms with Crippen molar-refractivity contribution >= 4 is 17.5 Å². The predicted molar refractivity (Wildman–Crippen MR) is 123 cm³/mol. The minimum absolute atomic E-state index is 0.207. The van der Waals surface area contributed by atoms with Gasteiger partial charge in [-0.25, -0.2) is 4.98 Å². The van der Waals surface area contributed by atoms with E-state index in [1.54, 1.807) is 19.2 Å². The van der Waals surface area contributed by atoms with Gasteiger partial charge in [-0.2, -0.15) is 13.2 Å². The summed E-state index contributed by atoms with van der Waals surface area (Å²) in [6, 6.07) is 6.30. The Morgan fingerprint density at radius 2 is 1.83 bits per heavy atom. The van der Waals surface area contributed by atoms with Crippen molar-refractivity contribution in [2.45, 2.75) is 57.7 Å². The quantitative estimate of drug-likeness (QED) is 0.424. The average molecular weight is 497 g/mol. The average Bonchev–Trinajstić information content (AvgIpc) is 3.25. The molecule has 1 aliphatic carbocycles. The molecule has 0 aliphatic heterocycles. The number of methoxy groups -OCH3 is 1. The lowest BCUT2D eigenvalue weighted by Crippen LogP contribution is -2.49. The molecule has 1 heterocycles. The van der Waals surface area contributed by atoms with Crippen LogP contribution in [0.25, 0.3) is 0 Å². The molecule has 1 fully saturated rings. The lowest BCUT2D eigenvalue weighted by molar-refractivity contribution is -0.153. The van der Waals surface area contributed by atoms with E-state index in [9.17, 15) is 22.8 Å². The second-order valence-corrected chi connectivity index (χ2v) is 8.62. The Hall–Kier alpha value is -3.24. The molecule has 0 bridgehead atoms. The Morgan fingerprint density at radius 3 is 2.46 bits per heavy atom. The van der Waals surface area contributed by atoms with Crippen LogP contribution in [0, 0.1) is 12.8 Å². The number of rotatable bonds is 10. The Bertz CT molecular complexity index is 986. The van der Waals surface area contributed by atoms with Gasteiger partial charge in [0, 0.05) is 25.7 Å². The summed E-state index contributed by atoms with van der Waals surface area (Å²) >= 11 is 0. The van der Waals surface area contributed by atoms with Crippen LogP contribution < -0.4 is 20.7 Å². The highest BCUT2D eigenvalue weighted by molar-refractivity contribution is 5.97. The molecule has 0 radical (unpaired) electrons. The third kappa shape index (κ3) is 7.63. The van der Waals surface area contributed by atoms with Gasteiger partial charge in [0.25, 0.3) is 5.91 Å². The van der Waals surface area contributed by atoms with E-state index in [1.165, 1.54) is 6.92 Å². The number of nitrogens with zero attached hydrogens (tertiary/aromatic N) is 1. The zero-order valence-electron chi connectivity index (χ0n) is 19.8. The van der Waals surface area contributed by atoms with Crippen molar-refractivity contribution in [1.82, 2.24) is 15.6 Å². The molecule has 2 amide bonds. The third-order valence-corrected chi connectivity index (χ3v) is 5.97. The number of alkyl halides is 3. The molecule has 0 spiro atoms. The van der Waals surface area contributed by atoms with Gasteiger partial charge in [-0.1, -0.05) is 32.1 Å². The number of benzene rings is 1. The van der Waals surface area contributed by atoms with Crippen LogP contribution in [0.5, 0.6) is 5.75 Å². The molecule has 192 valence electrons. The fourth-order valence-corrected chi connectivity index (χ4v) is 4.21. The van der Waals surface area contributed by atoms with Gasteiger partial charge in [0.1, 0.15) is 11.8 Å². The molecule has 1 aromatic heterocycles. The van der Waals surface area contributed by atoms with Crippen LogP contribution in [0.4, 0.5) is 18.9 Å². The lowest BCUT2D eigenvalue weighted by atomic mass is 9.84. The van der Waals surface area contributed by atoms with Crippen molar-refractivity contribution in [1.29, 1.82) is 0 Å². The summed E-state index contributed by atoms with van der Waals surface area (Å²) in [4.78, 5) is 29.3. The van der Waals surface area contributed by atoms with Crippen LogP contribution >= 0.6 is 0 Å². The van der Waals surface area contributed by atoms with Gasteiger partial charge >= 0.3 is 6.18 Å². The first-order valence-electron chi connectivity index (χ1n) is 11.7. The number of carbonyl (C=O) groups is 2. The second-order valence-electron chi connectivity index (χ2n) is 8.62.